The summed E-state index contributed by atoms with van der Waals surface area (Å²) in [5.74, 6) is 2.40. The third-order valence-corrected chi connectivity index (χ3v) is 4.39. The summed E-state index contributed by atoms with van der Waals surface area (Å²) in [5, 5.41) is 12.0. The Morgan fingerprint density at radius 1 is 1.35 bits per heavy atom. The lowest BCUT2D eigenvalue weighted by molar-refractivity contribution is 0.348. The van der Waals surface area contributed by atoms with Gasteiger partial charge in [0.05, 0.1) is 6.54 Å². The Kier molecular flexibility index (Phi) is 3.83. The topological polar surface area (TPSA) is 42.2 Å². The van der Waals surface area contributed by atoms with Crippen LogP contribution in [0.5, 0.6) is 0 Å². The second-order valence-electron chi connectivity index (χ2n) is 5.79. The van der Waals surface area contributed by atoms with Crippen LogP contribution in [0.4, 0.5) is 0 Å². The Bertz CT molecular complexity index is 614. The summed E-state index contributed by atoms with van der Waals surface area (Å²) in [6.07, 6.45) is 6.94. The van der Waals surface area contributed by atoms with Crippen molar-refractivity contribution in [2.45, 2.75) is 33.2 Å². The summed E-state index contributed by atoms with van der Waals surface area (Å²) >= 11 is 0. The van der Waals surface area contributed by atoms with Crippen LogP contribution in [0.1, 0.15) is 32.5 Å². The molecule has 106 valence electrons. The summed E-state index contributed by atoms with van der Waals surface area (Å²) in [6.45, 7) is 6.40. The molecule has 20 heavy (non-hydrogen) atoms. The molecule has 1 N–H and O–H groups in total. The number of rotatable bonds is 4. The predicted molar refractivity (Wildman–Crippen MR) is 80.3 cm³/mol. The molecule has 0 aromatic carbocycles. The van der Waals surface area contributed by atoms with E-state index in [1.807, 2.05) is 28.8 Å². The van der Waals surface area contributed by atoms with Gasteiger partial charge in [-0.2, -0.15) is 0 Å². The van der Waals surface area contributed by atoms with Crippen LogP contribution in [-0.2, 0) is 6.54 Å². The molecule has 0 amide bonds. The molecule has 2 aromatic rings. The molecule has 0 radical (unpaired) electrons. The number of nitrogens with one attached hydrogen (secondary N) is 1. The second-order valence-corrected chi connectivity index (χ2v) is 5.79. The number of allylic oxidation sites excluding steroid dienone is 1. The molecule has 0 fully saturated rings. The fourth-order valence-electron chi connectivity index (χ4n) is 3.09. The largest absolute Gasteiger partial charge is 0.309 e. The quantitative estimate of drug-likeness (QED) is 0.869. The minimum atomic E-state index is 0.655. The minimum absolute atomic E-state index is 0.655. The molecular weight excluding hydrogens is 248 g/mol. The third-order valence-electron chi connectivity index (χ3n) is 4.39. The van der Waals surface area contributed by atoms with Gasteiger partial charge in [0.1, 0.15) is 0 Å². The van der Waals surface area contributed by atoms with Gasteiger partial charge < -0.3 is 5.32 Å². The van der Waals surface area contributed by atoms with E-state index in [9.17, 15) is 0 Å². The first-order valence-electron chi connectivity index (χ1n) is 7.41. The van der Waals surface area contributed by atoms with E-state index in [1.165, 1.54) is 18.4 Å². The van der Waals surface area contributed by atoms with Gasteiger partial charge in [-0.1, -0.05) is 24.6 Å². The summed E-state index contributed by atoms with van der Waals surface area (Å²) < 4.78 is 2.04. The molecule has 0 saturated carbocycles. The molecule has 0 spiro atoms. The molecule has 1 aliphatic rings. The van der Waals surface area contributed by atoms with E-state index >= 15 is 0 Å². The number of nitrogens with zero attached hydrogens (tertiary/aromatic N) is 3. The fourth-order valence-corrected chi connectivity index (χ4v) is 3.09. The van der Waals surface area contributed by atoms with Gasteiger partial charge in [0.25, 0.3) is 0 Å². The molecule has 0 saturated heterocycles. The molecule has 0 bridgehead atoms. The summed E-state index contributed by atoms with van der Waals surface area (Å²) in [7, 11) is 0. The molecule has 0 unspecified atom stereocenters. The molecule has 4 heteroatoms. The first-order valence-corrected chi connectivity index (χ1v) is 7.41. The van der Waals surface area contributed by atoms with Gasteiger partial charge in [0.15, 0.2) is 11.5 Å². The van der Waals surface area contributed by atoms with E-state index in [-0.39, 0.29) is 0 Å². The van der Waals surface area contributed by atoms with Gasteiger partial charge in [-0.3, -0.25) is 4.40 Å². The van der Waals surface area contributed by atoms with Crippen LogP contribution in [0, 0.1) is 11.8 Å². The highest BCUT2D eigenvalue weighted by molar-refractivity contribution is 5.36. The number of hydrogen-bond acceptors (Lipinski definition) is 3. The SMILES string of the molecule is CC1=CCC[C@@H](C)[C@H]1CNCc1nnc2ccccn12. The van der Waals surface area contributed by atoms with Crippen molar-refractivity contribution in [1.82, 2.24) is 19.9 Å². The van der Waals surface area contributed by atoms with Crippen LogP contribution in [0.2, 0.25) is 0 Å². The summed E-state index contributed by atoms with van der Waals surface area (Å²) in [6, 6.07) is 5.97. The van der Waals surface area contributed by atoms with Crippen LogP contribution < -0.4 is 5.32 Å². The van der Waals surface area contributed by atoms with Crippen molar-refractivity contribution >= 4 is 5.65 Å². The maximum Gasteiger partial charge on any atom is 0.160 e. The van der Waals surface area contributed by atoms with Crippen molar-refractivity contribution < 1.29 is 0 Å². The van der Waals surface area contributed by atoms with Crippen molar-refractivity contribution in [2.75, 3.05) is 6.54 Å². The number of fused-ring (bicyclic) bond motifs is 1. The highest BCUT2D eigenvalue weighted by atomic mass is 15.3. The van der Waals surface area contributed by atoms with Gasteiger partial charge in [-0.05, 0) is 43.7 Å². The Morgan fingerprint density at radius 3 is 3.10 bits per heavy atom. The highest BCUT2D eigenvalue weighted by Gasteiger charge is 2.21. The Morgan fingerprint density at radius 2 is 2.25 bits per heavy atom. The zero-order chi connectivity index (χ0) is 13.9. The van der Waals surface area contributed by atoms with E-state index in [2.05, 4.69) is 35.4 Å². The lowest BCUT2D eigenvalue weighted by Crippen LogP contribution is -2.29. The Balaban J connectivity index is 1.62. The normalized spacial score (nSPS) is 23.0. The van der Waals surface area contributed by atoms with Crippen LogP contribution in [0.3, 0.4) is 0 Å². The number of hydrogen-bond donors (Lipinski definition) is 1. The van der Waals surface area contributed by atoms with Crippen LogP contribution >= 0.6 is 0 Å². The summed E-state index contributed by atoms with van der Waals surface area (Å²) in [5.41, 5.74) is 2.44. The van der Waals surface area contributed by atoms with Crippen LogP contribution in [0.25, 0.3) is 5.65 Å². The predicted octanol–water partition coefficient (Wildman–Crippen LogP) is 2.81. The third kappa shape index (κ3) is 2.61. The highest BCUT2D eigenvalue weighted by Crippen LogP contribution is 2.29. The van der Waals surface area contributed by atoms with E-state index in [1.54, 1.807) is 0 Å². The molecule has 2 aromatic heterocycles. The monoisotopic (exact) mass is 270 g/mol. The van der Waals surface area contributed by atoms with E-state index in [0.717, 1.165) is 30.5 Å². The molecule has 1 aliphatic carbocycles. The fraction of sp³-hybridized carbons (Fsp3) is 0.500. The van der Waals surface area contributed by atoms with Gasteiger partial charge in [-0.25, -0.2) is 0 Å². The molecule has 4 nitrogen and oxygen atoms in total. The van der Waals surface area contributed by atoms with Crippen molar-refractivity contribution in [3.05, 3.63) is 41.9 Å². The van der Waals surface area contributed by atoms with Crippen molar-refractivity contribution in [3.8, 4) is 0 Å². The van der Waals surface area contributed by atoms with Crippen molar-refractivity contribution in [2.24, 2.45) is 11.8 Å². The Labute approximate surface area is 119 Å². The molecule has 2 heterocycles. The average Bonchev–Trinajstić information content (AvgIpc) is 2.86. The Hall–Kier alpha value is -1.68. The molecule has 2 atom stereocenters. The minimum Gasteiger partial charge on any atom is -0.309 e. The van der Waals surface area contributed by atoms with Gasteiger partial charge in [0, 0.05) is 12.7 Å². The molecule has 0 aliphatic heterocycles. The zero-order valence-electron chi connectivity index (χ0n) is 12.2. The van der Waals surface area contributed by atoms with E-state index in [0.29, 0.717) is 5.92 Å². The van der Waals surface area contributed by atoms with Gasteiger partial charge >= 0.3 is 0 Å². The average molecular weight is 270 g/mol. The van der Waals surface area contributed by atoms with E-state index < -0.39 is 0 Å². The summed E-state index contributed by atoms with van der Waals surface area (Å²) in [4.78, 5) is 0. The first-order chi connectivity index (χ1) is 9.75. The van der Waals surface area contributed by atoms with Gasteiger partial charge in [0.2, 0.25) is 0 Å². The van der Waals surface area contributed by atoms with Crippen LogP contribution in [-0.4, -0.2) is 21.1 Å². The zero-order valence-corrected chi connectivity index (χ0v) is 12.2. The standard InChI is InChI=1S/C16H22N4/c1-12-6-5-7-13(2)14(12)10-17-11-16-19-18-15-8-3-4-9-20(15)16/h3-4,6,8-9,13-14,17H,5,7,10-11H2,1-2H3/t13-,14+/m1/s1. The van der Waals surface area contributed by atoms with Crippen LogP contribution in [0.15, 0.2) is 36.0 Å². The number of aromatic nitrogens is 3. The maximum absolute atomic E-state index is 4.25. The van der Waals surface area contributed by atoms with Gasteiger partial charge in [-0.15, -0.1) is 10.2 Å². The van der Waals surface area contributed by atoms with Crippen molar-refractivity contribution in [1.29, 1.82) is 0 Å². The lowest BCUT2D eigenvalue weighted by atomic mass is 9.80. The van der Waals surface area contributed by atoms with Crippen molar-refractivity contribution in [3.63, 3.8) is 0 Å². The second kappa shape index (κ2) is 5.75. The first kappa shape index (κ1) is 13.3. The van der Waals surface area contributed by atoms with E-state index in [4.69, 9.17) is 0 Å². The smallest absolute Gasteiger partial charge is 0.160 e. The molecular formula is C16H22N4. The molecule has 3 rings (SSSR count). The lowest BCUT2D eigenvalue weighted by Gasteiger charge is -2.28. The maximum atomic E-state index is 4.25. The number of pyridine rings is 1.